The predicted molar refractivity (Wildman–Crippen MR) is 212 cm³/mol. The molecule has 0 aromatic heterocycles. The van der Waals surface area contributed by atoms with E-state index in [9.17, 15) is 30.2 Å². The number of rotatable bonds is 18. The molecule has 1 aliphatic heterocycles. The molecule has 0 spiro atoms. The molecule has 12 heteroatoms. The molecule has 2 aromatic rings. The molecule has 5 rings (SSSR count). The topological polar surface area (TPSA) is 164 Å². The summed E-state index contributed by atoms with van der Waals surface area (Å²) < 4.78 is 14.1. The summed E-state index contributed by atoms with van der Waals surface area (Å²) in [5.41, 5.74) is 2.44. The Hall–Kier alpha value is -4.52. The summed E-state index contributed by atoms with van der Waals surface area (Å²) in [6.07, 6.45) is 12.5. The van der Waals surface area contributed by atoms with Gasteiger partial charge in [0.1, 0.15) is 23.1 Å². The summed E-state index contributed by atoms with van der Waals surface area (Å²) in [7, 11) is 0. The van der Waals surface area contributed by atoms with Crippen molar-refractivity contribution in [2.75, 3.05) is 26.4 Å². The Kier molecular flexibility index (Phi) is 13.9. The van der Waals surface area contributed by atoms with Gasteiger partial charge in [-0.15, -0.1) is 6.58 Å². The van der Waals surface area contributed by atoms with Crippen LogP contribution in [0.4, 0.5) is 5.69 Å². The average Bonchev–Trinajstić information content (AvgIpc) is 3.15. The fraction of sp³-hybridized carbons (Fsp3) is 0.535. The number of nitro benzene ring substituents is 1. The number of fused-ring (bicyclic) bond motifs is 2. The van der Waals surface area contributed by atoms with Crippen molar-refractivity contribution in [2.45, 2.75) is 102 Å². The first kappa shape index (κ1) is 41.6. The number of oxime groups is 1. The summed E-state index contributed by atoms with van der Waals surface area (Å²) in [5.74, 6) is -1.64. The third kappa shape index (κ3) is 9.48. The van der Waals surface area contributed by atoms with Gasteiger partial charge in [-0.2, -0.15) is 0 Å². The van der Waals surface area contributed by atoms with E-state index in [0.717, 1.165) is 36.8 Å². The van der Waals surface area contributed by atoms with Gasteiger partial charge >= 0.3 is 0 Å². The number of nitro groups is 1. The minimum atomic E-state index is -1.41. The van der Waals surface area contributed by atoms with Crippen LogP contribution in [0.15, 0.2) is 78.0 Å². The van der Waals surface area contributed by atoms with E-state index in [1.54, 1.807) is 47.4 Å². The Morgan fingerprint density at radius 3 is 2.45 bits per heavy atom. The van der Waals surface area contributed by atoms with E-state index in [1.165, 1.54) is 18.2 Å². The van der Waals surface area contributed by atoms with E-state index in [1.807, 2.05) is 27.7 Å². The molecule has 12 nitrogen and oxygen atoms in total. The lowest BCUT2D eigenvalue weighted by Crippen LogP contribution is -2.70. The van der Waals surface area contributed by atoms with Gasteiger partial charge < -0.3 is 34.5 Å². The molecule has 1 saturated carbocycles. The standard InChI is InChI=1S/C43H57N3O9/c1-6-22-45(39(50)21-16-29-14-17-31(18-15-29)46(51)52)38-28-36(44-55-42(3,4)5)34-26-30(12-8-10-23-47)33(13-9-11-24-48)40-35-27-32(49)19-20-37(35)54-43(38,41(34)40)53-25-7-2/h7,14-21,26-27,30,33,38,40-41,47-49H,2,6,8-13,22-25,28H2,1,3-5H3/t30-,33+,38-,40+,41+,43+/m0/s1. The highest BCUT2D eigenvalue weighted by molar-refractivity contribution is 6.03. The number of carbonyl (C=O) groups excluding carboxylic acids is 1. The van der Waals surface area contributed by atoms with Gasteiger partial charge in [0, 0.05) is 55.9 Å². The van der Waals surface area contributed by atoms with Crippen molar-refractivity contribution in [3.8, 4) is 11.5 Å². The summed E-state index contributed by atoms with van der Waals surface area (Å²) in [4.78, 5) is 33.2. The molecule has 1 heterocycles. The fourth-order valence-electron chi connectivity index (χ4n) is 8.48. The van der Waals surface area contributed by atoms with Crippen molar-refractivity contribution >= 4 is 23.4 Å². The Bertz CT molecular complexity index is 1750. The van der Waals surface area contributed by atoms with Crippen molar-refractivity contribution < 1.29 is 39.3 Å². The zero-order valence-electron chi connectivity index (χ0n) is 32.6. The largest absolute Gasteiger partial charge is 0.508 e. The van der Waals surface area contributed by atoms with Crippen LogP contribution in [0.25, 0.3) is 6.08 Å². The van der Waals surface area contributed by atoms with Gasteiger partial charge in [0.2, 0.25) is 11.7 Å². The number of nitrogens with zero attached hydrogens (tertiary/aromatic N) is 3. The highest BCUT2D eigenvalue weighted by Gasteiger charge is 2.65. The van der Waals surface area contributed by atoms with E-state index in [4.69, 9.17) is 19.5 Å². The van der Waals surface area contributed by atoms with E-state index in [2.05, 4.69) is 12.7 Å². The van der Waals surface area contributed by atoms with Crippen LogP contribution < -0.4 is 4.74 Å². The minimum absolute atomic E-state index is 0.0380. The summed E-state index contributed by atoms with van der Waals surface area (Å²) >= 11 is 0. The Balaban J connectivity index is 1.73. The highest BCUT2D eigenvalue weighted by atomic mass is 16.7. The van der Waals surface area contributed by atoms with E-state index in [-0.39, 0.29) is 61.3 Å². The van der Waals surface area contributed by atoms with Crippen LogP contribution in [0.1, 0.15) is 96.1 Å². The number of phenolic OH excluding ortho intramolecular Hbond substituents is 1. The molecule has 2 aromatic carbocycles. The Morgan fingerprint density at radius 2 is 1.82 bits per heavy atom. The number of allylic oxidation sites excluding steroid dienone is 1. The number of benzene rings is 2. The molecule has 6 atom stereocenters. The van der Waals surface area contributed by atoms with Gasteiger partial charge in [-0.25, -0.2) is 0 Å². The lowest BCUT2D eigenvalue weighted by atomic mass is 9.55. The highest BCUT2D eigenvalue weighted by Crippen LogP contribution is 2.62. The molecular formula is C43H57N3O9. The number of phenols is 1. The third-order valence-corrected chi connectivity index (χ3v) is 10.7. The van der Waals surface area contributed by atoms with E-state index < -0.39 is 28.3 Å². The molecule has 0 radical (unpaired) electrons. The monoisotopic (exact) mass is 759 g/mol. The summed E-state index contributed by atoms with van der Waals surface area (Å²) in [5, 5.41) is 46.5. The van der Waals surface area contributed by atoms with Crippen LogP contribution in [0.3, 0.4) is 0 Å². The molecule has 0 bridgehead atoms. The van der Waals surface area contributed by atoms with Gasteiger partial charge in [-0.05, 0) is 112 Å². The minimum Gasteiger partial charge on any atom is -0.508 e. The molecule has 0 unspecified atom stereocenters. The molecule has 1 fully saturated rings. The van der Waals surface area contributed by atoms with Gasteiger partial charge in [0.15, 0.2) is 0 Å². The SMILES string of the molecule is C=CCO[C@@]12Oc3ccc(O)cc3[C@H]3[C@H](CCCCO)[C@@H](CCCCO)C=C(C(=NOC(C)(C)C)C[C@@H]1N(CCC)C(=O)C=Cc1ccc([N+](=O)[O-])cc1)[C@H]32. The quantitative estimate of drug-likeness (QED) is 0.0455. The predicted octanol–water partition coefficient (Wildman–Crippen LogP) is 7.68. The molecular weight excluding hydrogens is 702 g/mol. The van der Waals surface area contributed by atoms with Crippen LogP contribution in [-0.4, -0.2) is 80.6 Å². The zero-order chi connectivity index (χ0) is 39.8. The average molecular weight is 760 g/mol. The third-order valence-electron chi connectivity index (χ3n) is 10.7. The maximum Gasteiger partial charge on any atom is 0.269 e. The molecule has 1 amide bonds. The van der Waals surface area contributed by atoms with E-state index in [0.29, 0.717) is 42.8 Å². The van der Waals surface area contributed by atoms with Crippen LogP contribution in [0, 0.1) is 27.9 Å². The number of unbranched alkanes of at least 4 members (excludes halogenated alkanes) is 2. The van der Waals surface area contributed by atoms with Crippen LogP contribution in [0.5, 0.6) is 11.5 Å². The second-order valence-corrected chi connectivity index (χ2v) is 15.7. The second-order valence-electron chi connectivity index (χ2n) is 15.7. The molecule has 3 aliphatic rings. The number of aliphatic hydroxyl groups excluding tert-OH is 2. The van der Waals surface area contributed by atoms with Crippen molar-refractivity contribution in [3.05, 3.63) is 94.1 Å². The molecule has 3 N–H and O–H groups in total. The maximum atomic E-state index is 14.5. The second kappa shape index (κ2) is 18.4. The molecule has 0 saturated heterocycles. The van der Waals surface area contributed by atoms with E-state index >= 15 is 0 Å². The summed E-state index contributed by atoms with van der Waals surface area (Å²) in [6.45, 7) is 12.4. The number of ether oxygens (including phenoxy) is 2. The molecule has 55 heavy (non-hydrogen) atoms. The van der Waals surface area contributed by atoms with Crippen molar-refractivity contribution in [1.82, 2.24) is 4.90 Å². The lowest BCUT2D eigenvalue weighted by Gasteiger charge is -2.60. The number of hydrogen-bond acceptors (Lipinski definition) is 10. The van der Waals surface area contributed by atoms with Gasteiger partial charge in [0.25, 0.3) is 5.69 Å². The normalized spacial score (nSPS) is 25.1. The Labute approximate surface area is 324 Å². The number of aromatic hydroxyl groups is 1. The lowest BCUT2D eigenvalue weighted by molar-refractivity contribution is -0.384. The molecule has 2 aliphatic carbocycles. The van der Waals surface area contributed by atoms with Crippen molar-refractivity contribution in [3.63, 3.8) is 0 Å². The van der Waals surface area contributed by atoms with Crippen molar-refractivity contribution in [1.29, 1.82) is 0 Å². The number of aliphatic hydroxyl groups is 2. The first-order valence-electron chi connectivity index (χ1n) is 19.6. The number of carbonyl (C=O) groups is 1. The van der Waals surface area contributed by atoms with Crippen LogP contribution in [0.2, 0.25) is 0 Å². The number of amides is 1. The van der Waals surface area contributed by atoms with Gasteiger partial charge in [0.05, 0.1) is 23.2 Å². The fourth-order valence-corrected chi connectivity index (χ4v) is 8.48. The van der Waals surface area contributed by atoms with Gasteiger partial charge in [-0.3, -0.25) is 14.9 Å². The van der Waals surface area contributed by atoms with Crippen molar-refractivity contribution in [2.24, 2.45) is 22.9 Å². The van der Waals surface area contributed by atoms with Crippen LogP contribution in [-0.2, 0) is 14.4 Å². The zero-order valence-corrected chi connectivity index (χ0v) is 32.6. The van der Waals surface area contributed by atoms with Gasteiger partial charge in [-0.1, -0.05) is 37.1 Å². The molecule has 298 valence electrons. The smallest absolute Gasteiger partial charge is 0.269 e. The maximum absolute atomic E-state index is 14.5. The van der Waals surface area contributed by atoms with Crippen LogP contribution >= 0.6 is 0 Å². The first-order valence-corrected chi connectivity index (χ1v) is 19.6. The number of hydrogen-bond donors (Lipinski definition) is 3. The Morgan fingerprint density at radius 1 is 1.11 bits per heavy atom. The first-order chi connectivity index (χ1) is 26.4. The number of non-ortho nitro benzene ring substituents is 1. The summed E-state index contributed by atoms with van der Waals surface area (Å²) in [6, 6.07) is 10.5.